The Kier molecular flexibility index (Phi) is 5.30. The fourth-order valence-corrected chi connectivity index (χ4v) is 1.40. The van der Waals surface area contributed by atoms with Crippen molar-refractivity contribution in [2.24, 2.45) is 5.41 Å². The number of pyridine rings is 1. The van der Waals surface area contributed by atoms with Crippen LogP contribution in [0.1, 0.15) is 38.1 Å². The molecule has 1 aromatic rings. The van der Waals surface area contributed by atoms with Crippen LogP contribution < -0.4 is 10.6 Å². The normalized spacial score (nSPS) is 12.9. The quantitative estimate of drug-likeness (QED) is 0.757. The molecular formula is C14H23N3O2. The fraction of sp³-hybridized carbons (Fsp3) is 0.571. The molecule has 0 aliphatic heterocycles. The molecule has 0 saturated heterocycles. The Morgan fingerprint density at radius 3 is 2.58 bits per heavy atom. The molecular weight excluding hydrogens is 242 g/mol. The van der Waals surface area contributed by atoms with Crippen LogP contribution in [-0.2, 0) is 0 Å². The summed E-state index contributed by atoms with van der Waals surface area (Å²) in [6.45, 7) is 8.82. The van der Waals surface area contributed by atoms with Gasteiger partial charge in [0.2, 0.25) is 0 Å². The Balaban J connectivity index is 2.56. The molecule has 106 valence electrons. The van der Waals surface area contributed by atoms with Gasteiger partial charge in [0.1, 0.15) is 5.82 Å². The van der Waals surface area contributed by atoms with Crippen molar-refractivity contribution >= 4 is 11.7 Å². The number of rotatable bonds is 5. The van der Waals surface area contributed by atoms with Gasteiger partial charge >= 0.3 is 0 Å². The van der Waals surface area contributed by atoms with Gasteiger partial charge in [-0.1, -0.05) is 20.8 Å². The summed E-state index contributed by atoms with van der Waals surface area (Å²) in [7, 11) is 0. The molecule has 1 unspecified atom stereocenters. The molecule has 0 fully saturated rings. The minimum atomic E-state index is -0.461. The molecule has 19 heavy (non-hydrogen) atoms. The van der Waals surface area contributed by atoms with Gasteiger partial charge in [-0.2, -0.15) is 0 Å². The third-order valence-corrected chi connectivity index (χ3v) is 2.84. The van der Waals surface area contributed by atoms with Gasteiger partial charge in [-0.05, 0) is 24.5 Å². The molecule has 0 aliphatic rings. The lowest BCUT2D eigenvalue weighted by molar-refractivity contribution is 0.0745. The van der Waals surface area contributed by atoms with E-state index >= 15 is 0 Å². The molecule has 0 aliphatic carbocycles. The zero-order chi connectivity index (χ0) is 14.5. The summed E-state index contributed by atoms with van der Waals surface area (Å²) in [5.74, 6) is 0.521. The van der Waals surface area contributed by atoms with E-state index in [1.54, 1.807) is 12.1 Å². The second kappa shape index (κ2) is 6.52. The van der Waals surface area contributed by atoms with Gasteiger partial charge in [0.15, 0.2) is 0 Å². The zero-order valence-corrected chi connectivity index (χ0v) is 12.0. The Morgan fingerprint density at radius 1 is 1.42 bits per heavy atom. The lowest BCUT2D eigenvalue weighted by Gasteiger charge is -2.26. The maximum absolute atomic E-state index is 11.5. The van der Waals surface area contributed by atoms with E-state index in [2.05, 4.69) is 15.6 Å². The number of carbonyl (C=O) groups excluding carboxylic acids is 1. The van der Waals surface area contributed by atoms with Crippen LogP contribution in [0.4, 0.5) is 5.82 Å². The van der Waals surface area contributed by atoms with Crippen LogP contribution in [0.5, 0.6) is 0 Å². The molecule has 0 aromatic carbocycles. The standard InChI is InChI=1S/C14H23N3O2/c1-5-15-13(19)10-6-7-12(16-8-10)17-9-11(18)14(2,3)4/h6-8,11,18H,5,9H2,1-4H3,(H,15,19)(H,16,17). The molecule has 1 rings (SSSR count). The minimum absolute atomic E-state index is 0.128. The first-order valence-electron chi connectivity index (χ1n) is 6.50. The molecule has 5 nitrogen and oxygen atoms in total. The topological polar surface area (TPSA) is 74.2 Å². The van der Waals surface area contributed by atoms with Crippen LogP contribution in [-0.4, -0.2) is 35.2 Å². The van der Waals surface area contributed by atoms with Crippen molar-refractivity contribution in [3.05, 3.63) is 23.9 Å². The highest BCUT2D eigenvalue weighted by Gasteiger charge is 2.21. The SMILES string of the molecule is CCNC(=O)c1ccc(NCC(O)C(C)(C)C)nc1. The predicted octanol–water partition coefficient (Wildman–Crippen LogP) is 1.65. The van der Waals surface area contributed by atoms with Gasteiger partial charge in [-0.15, -0.1) is 0 Å². The fourth-order valence-electron chi connectivity index (χ4n) is 1.40. The summed E-state index contributed by atoms with van der Waals surface area (Å²) in [6.07, 6.45) is 1.06. The van der Waals surface area contributed by atoms with Crippen molar-refractivity contribution in [3.8, 4) is 0 Å². The van der Waals surface area contributed by atoms with Crippen LogP contribution in [0, 0.1) is 5.41 Å². The molecule has 1 aromatic heterocycles. The predicted molar refractivity (Wildman–Crippen MR) is 76.2 cm³/mol. The van der Waals surface area contributed by atoms with E-state index in [-0.39, 0.29) is 11.3 Å². The lowest BCUT2D eigenvalue weighted by atomic mass is 9.89. The number of nitrogens with zero attached hydrogens (tertiary/aromatic N) is 1. The van der Waals surface area contributed by atoms with Crippen LogP contribution >= 0.6 is 0 Å². The summed E-state index contributed by atoms with van der Waals surface area (Å²) in [5.41, 5.74) is 0.359. The number of anilines is 1. The average molecular weight is 265 g/mol. The van der Waals surface area contributed by atoms with E-state index in [0.717, 1.165) is 0 Å². The number of hydrogen-bond acceptors (Lipinski definition) is 4. The van der Waals surface area contributed by atoms with Crippen molar-refractivity contribution < 1.29 is 9.90 Å². The summed E-state index contributed by atoms with van der Waals surface area (Å²) in [5, 5.41) is 15.7. The molecule has 1 atom stereocenters. The van der Waals surface area contributed by atoms with Gasteiger partial charge < -0.3 is 15.7 Å². The number of amides is 1. The first-order chi connectivity index (χ1) is 8.84. The average Bonchev–Trinajstić information content (AvgIpc) is 2.35. The molecule has 5 heteroatoms. The largest absolute Gasteiger partial charge is 0.391 e. The number of carbonyl (C=O) groups is 1. The molecule has 0 saturated carbocycles. The van der Waals surface area contributed by atoms with Crippen molar-refractivity contribution in [1.29, 1.82) is 0 Å². The number of aliphatic hydroxyl groups excluding tert-OH is 1. The summed E-state index contributed by atoms with van der Waals surface area (Å²) >= 11 is 0. The first kappa shape index (κ1) is 15.4. The minimum Gasteiger partial charge on any atom is -0.391 e. The van der Waals surface area contributed by atoms with Crippen LogP contribution in [0.25, 0.3) is 0 Å². The monoisotopic (exact) mass is 265 g/mol. The van der Waals surface area contributed by atoms with Gasteiger partial charge in [-0.25, -0.2) is 4.98 Å². The van der Waals surface area contributed by atoms with E-state index < -0.39 is 6.10 Å². The van der Waals surface area contributed by atoms with Gasteiger partial charge in [0.25, 0.3) is 5.91 Å². The van der Waals surface area contributed by atoms with E-state index in [1.165, 1.54) is 6.20 Å². The highest BCUT2D eigenvalue weighted by Crippen LogP contribution is 2.19. The highest BCUT2D eigenvalue weighted by atomic mass is 16.3. The summed E-state index contributed by atoms with van der Waals surface area (Å²) in [4.78, 5) is 15.7. The summed E-state index contributed by atoms with van der Waals surface area (Å²) in [6, 6.07) is 3.45. The third kappa shape index (κ3) is 4.87. The zero-order valence-electron chi connectivity index (χ0n) is 12.0. The molecule has 1 amide bonds. The number of aliphatic hydroxyl groups is 1. The van der Waals surface area contributed by atoms with Crippen molar-refractivity contribution in [2.75, 3.05) is 18.4 Å². The van der Waals surface area contributed by atoms with Gasteiger partial charge in [0, 0.05) is 19.3 Å². The van der Waals surface area contributed by atoms with E-state index in [9.17, 15) is 9.90 Å². The Hall–Kier alpha value is -1.62. The molecule has 3 N–H and O–H groups in total. The Labute approximate surface area is 114 Å². The van der Waals surface area contributed by atoms with Crippen LogP contribution in [0.15, 0.2) is 18.3 Å². The van der Waals surface area contributed by atoms with E-state index in [4.69, 9.17) is 0 Å². The lowest BCUT2D eigenvalue weighted by Crippen LogP contribution is -2.33. The summed E-state index contributed by atoms with van der Waals surface area (Å²) < 4.78 is 0. The van der Waals surface area contributed by atoms with E-state index in [1.807, 2.05) is 27.7 Å². The number of hydrogen-bond donors (Lipinski definition) is 3. The number of nitrogens with one attached hydrogen (secondary N) is 2. The second-order valence-corrected chi connectivity index (χ2v) is 5.55. The first-order valence-corrected chi connectivity index (χ1v) is 6.50. The second-order valence-electron chi connectivity index (χ2n) is 5.55. The molecule has 0 spiro atoms. The van der Waals surface area contributed by atoms with Gasteiger partial charge in [-0.3, -0.25) is 4.79 Å². The van der Waals surface area contributed by atoms with Crippen LogP contribution in [0.2, 0.25) is 0 Å². The third-order valence-electron chi connectivity index (χ3n) is 2.84. The van der Waals surface area contributed by atoms with Crippen molar-refractivity contribution in [3.63, 3.8) is 0 Å². The van der Waals surface area contributed by atoms with E-state index in [0.29, 0.717) is 24.5 Å². The van der Waals surface area contributed by atoms with Crippen LogP contribution in [0.3, 0.4) is 0 Å². The Bertz CT molecular complexity index is 410. The highest BCUT2D eigenvalue weighted by molar-refractivity contribution is 5.93. The molecule has 1 heterocycles. The Morgan fingerprint density at radius 2 is 2.11 bits per heavy atom. The maximum atomic E-state index is 11.5. The van der Waals surface area contributed by atoms with Crippen molar-refractivity contribution in [2.45, 2.75) is 33.8 Å². The van der Waals surface area contributed by atoms with Crippen molar-refractivity contribution in [1.82, 2.24) is 10.3 Å². The smallest absolute Gasteiger partial charge is 0.252 e. The van der Waals surface area contributed by atoms with Gasteiger partial charge in [0.05, 0.1) is 11.7 Å². The number of aromatic nitrogens is 1. The maximum Gasteiger partial charge on any atom is 0.252 e. The molecule has 0 bridgehead atoms. The molecule has 0 radical (unpaired) electrons.